The van der Waals surface area contributed by atoms with Crippen LogP contribution in [0.3, 0.4) is 0 Å². The second-order valence-corrected chi connectivity index (χ2v) is 11.2. The van der Waals surface area contributed by atoms with E-state index in [9.17, 15) is 18.0 Å². The molecule has 186 valence electrons. The van der Waals surface area contributed by atoms with Gasteiger partial charge < -0.3 is 10.2 Å². The van der Waals surface area contributed by atoms with Crippen LogP contribution in [0.2, 0.25) is 0 Å². The Kier molecular flexibility index (Phi) is 9.27. The Bertz CT molecular complexity index is 1130. The first kappa shape index (κ1) is 27.4. The molecule has 34 heavy (non-hydrogen) atoms. The van der Waals surface area contributed by atoms with Crippen LogP contribution in [0, 0.1) is 26.7 Å². The van der Waals surface area contributed by atoms with Gasteiger partial charge in [-0.15, -0.1) is 0 Å². The molecule has 0 saturated heterocycles. The molecule has 2 amide bonds. The van der Waals surface area contributed by atoms with Crippen LogP contribution in [0.4, 0.5) is 5.69 Å². The molecular formula is C26H37N3O4S. The van der Waals surface area contributed by atoms with Crippen molar-refractivity contribution in [2.75, 3.05) is 23.7 Å². The lowest BCUT2D eigenvalue weighted by Crippen LogP contribution is -2.51. The lowest BCUT2D eigenvalue weighted by atomic mass is 10.1. The highest BCUT2D eigenvalue weighted by Gasteiger charge is 2.30. The van der Waals surface area contributed by atoms with Crippen molar-refractivity contribution >= 4 is 27.5 Å². The number of hydrogen-bond donors (Lipinski definition) is 1. The van der Waals surface area contributed by atoms with E-state index in [0.29, 0.717) is 12.2 Å². The second kappa shape index (κ2) is 11.5. The summed E-state index contributed by atoms with van der Waals surface area (Å²) in [5.74, 6) is -0.447. The van der Waals surface area contributed by atoms with Crippen LogP contribution in [0.25, 0.3) is 0 Å². The van der Waals surface area contributed by atoms with Crippen molar-refractivity contribution in [3.8, 4) is 0 Å². The van der Waals surface area contributed by atoms with Gasteiger partial charge in [0.25, 0.3) is 0 Å². The lowest BCUT2D eigenvalue weighted by Gasteiger charge is -2.32. The summed E-state index contributed by atoms with van der Waals surface area (Å²) in [6.07, 6.45) is 1.09. The van der Waals surface area contributed by atoms with Crippen LogP contribution in [0.15, 0.2) is 42.5 Å². The lowest BCUT2D eigenvalue weighted by molar-refractivity contribution is -0.139. The van der Waals surface area contributed by atoms with Crippen molar-refractivity contribution in [2.45, 2.75) is 54.1 Å². The summed E-state index contributed by atoms with van der Waals surface area (Å²) in [6.45, 7) is 11.6. The predicted octanol–water partition coefficient (Wildman–Crippen LogP) is 3.57. The normalized spacial score (nSPS) is 12.4. The van der Waals surface area contributed by atoms with Crippen LogP contribution in [0.1, 0.15) is 43.0 Å². The zero-order valence-electron chi connectivity index (χ0n) is 21.3. The topological polar surface area (TPSA) is 86.8 Å². The number of nitrogens with zero attached hydrogens (tertiary/aromatic N) is 2. The Labute approximate surface area is 204 Å². The zero-order chi connectivity index (χ0) is 25.6. The van der Waals surface area contributed by atoms with Gasteiger partial charge in [0.05, 0.1) is 11.9 Å². The summed E-state index contributed by atoms with van der Waals surface area (Å²) in [5, 5.41) is 2.88. The molecule has 7 nitrogen and oxygen atoms in total. The van der Waals surface area contributed by atoms with Gasteiger partial charge >= 0.3 is 0 Å². The molecule has 2 rings (SSSR count). The van der Waals surface area contributed by atoms with Gasteiger partial charge in [-0.25, -0.2) is 8.42 Å². The summed E-state index contributed by atoms with van der Waals surface area (Å²) in [4.78, 5) is 28.0. The van der Waals surface area contributed by atoms with E-state index in [1.54, 1.807) is 13.0 Å². The van der Waals surface area contributed by atoms with Gasteiger partial charge in [-0.3, -0.25) is 13.9 Å². The third-order valence-electron chi connectivity index (χ3n) is 5.77. The van der Waals surface area contributed by atoms with Gasteiger partial charge in [-0.05, 0) is 61.9 Å². The van der Waals surface area contributed by atoms with Gasteiger partial charge in [-0.2, -0.15) is 0 Å². The minimum absolute atomic E-state index is 0.201. The maximum Gasteiger partial charge on any atom is 0.244 e. The second-order valence-electron chi connectivity index (χ2n) is 9.32. The Morgan fingerprint density at radius 3 is 2.21 bits per heavy atom. The third-order valence-corrected chi connectivity index (χ3v) is 6.89. The van der Waals surface area contributed by atoms with E-state index in [-0.39, 0.29) is 18.4 Å². The Hall–Kier alpha value is -2.87. The van der Waals surface area contributed by atoms with E-state index in [2.05, 4.69) is 5.32 Å². The van der Waals surface area contributed by atoms with E-state index in [4.69, 9.17) is 0 Å². The number of carbonyl (C=O) groups excluding carboxylic acids is 2. The number of sulfonamides is 1. The van der Waals surface area contributed by atoms with E-state index < -0.39 is 28.5 Å². The first-order valence-electron chi connectivity index (χ1n) is 11.5. The number of anilines is 1. The number of nitrogens with one attached hydrogen (secondary N) is 1. The van der Waals surface area contributed by atoms with E-state index in [1.807, 2.05) is 71.0 Å². The molecule has 0 aliphatic rings. The number of benzene rings is 2. The summed E-state index contributed by atoms with van der Waals surface area (Å²) in [5.41, 5.74) is 3.99. The van der Waals surface area contributed by atoms with Crippen LogP contribution in [-0.4, -0.2) is 50.5 Å². The molecule has 0 spiro atoms. The Morgan fingerprint density at radius 1 is 0.971 bits per heavy atom. The minimum atomic E-state index is -3.75. The van der Waals surface area contributed by atoms with Crippen LogP contribution < -0.4 is 9.62 Å². The highest BCUT2D eigenvalue weighted by atomic mass is 32.2. The molecule has 2 aromatic carbocycles. The van der Waals surface area contributed by atoms with E-state index >= 15 is 0 Å². The molecule has 0 saturated carbocycles. The van der Waals surface area contributed by atoms with Crippen molar-refractivity contribution in [1.82, 2.24) is 10.2 Å². The van der Waals surface area contributed by atoms with Gasteiger partial charge in [0.15, 0.2) is 0 Å². The van der Waals surface area contributed by atoms with E-state index in [0.717, 1.165) is 32.8 Å². The molecule has 0 radical (unpaired) electrons. The van der Waals surface area contributed by atoms with Gasteiger partial charge in [-0.1, -0.05) is 50.2 Å². The SMILES string of the molecule is Cc1ccc(C)c(N(CC(=O)N(Cc2ccccc2C)[C@H](C)C(=O)NCC(C)C)S(C)(=O)=O)c1. The molecular weight excluding hydrogens is 450 g/mol. The molecule has 0 aromatic heterocycles. The molecule has 0 bridgehead atoms. The van der Waals surface area contributed by atoms with Crippen molar-refractivity contribution in [2.24, 2.45) is 5.92 Å². The quantitative estimate of drug-likeness (QED) is 0.555. The molecule has 8 heteroatoms. The Morgan fingerprint density at radius 2 is 1.62 bits per heavy atom. The van der Waals surface area contributed by atoms with Crippen molar-refractivity contribution in [3.05, 3.63) is 64.7 Å². The number of carbonyl (C=O) groups is 2. The van der Waals surface area contributed by atoms with Crippen LogP contribution in [-0.2, 0) is 26.2 Å². The monoisotopic (exact) mass is 487 g/mol. The molecule has 0 fully saturated rings. The Balaban J connectivity index is 2.43. The minimum Gasteiger partial charge on any atom is -0.354 e. The van der Waals surface area contributed by atoms with Gasteiger partial charge in [0.1, 0.15) is 12.6 Å². The molecule has 0 unspecified atom stereocenters. The molecule has 2 aromatic rings. The highest BCUT2D eigenvalue weighted by Crippen LogP contribution is 2.24. The average Bonchev–Trinajstić information content (AvgIpc) is 2.75. The van der Waals surface area contributed by atoms with Crippen molar-refractivity contribution < 1.29 is 18.0 Å². The van der Waals surface area contributed by atoms with Crippen molar-refractivity contribution in [1.29, 1.82) is 0 Å². The first-order valence-corrected chi connectivity index (χ1v) is 13.3. The summed E-state index contributed by atoms with van der Waals surface area (Å²) >= 11 is 0. The molecule has 0 aliphatic heterocycles. The van der Waals surface area contributed by atoms with E-state index in [1.165, 1.54) is 4.90 Å². The standard InChI is InChI=1S/C26H37N3O4S/c1-18(2)15-27-26(31)22(6)28(16-23-11-9-8-10-20(23)4)25(30)17-29(34(7,32)33)24-14-19(3)12-13-21(24)5/h8-14,18,22H,15-17H2,1-7H3,(H,27,31)/t22-/m1/s1. The summed E-state index contributed by atoms with van der Waals surface area (Å²) in [6, 6.07) is 12.4. The van der Waals surface area contributed by atoms with Gasteiger partial charge in [0.2, 0.25) is 21.8 Å². The fourth-order valence-electron chi connectivity index (χ4n) is 3.59. The molecule has 1 atom stereocenters. The summed E-state index contributed by atoms with van der Waals surface area (Å²) < 4.78 is 26.6. The fraction of sp³-hybridized carbons (Fsp3) is 0.462. The molecule has 0 aliphatic carbocycles. The van der Waals surface area contributed by atoms with Crippen molar-refractivity contribution in [3.63, 3.8) is 0 Å². The summed E-state index contributed by atoms with van der Waals surface area (Å²) in [7, 11) is -3.75. The maximum absolute atomic E-state index is 13.6. The molecule has 0 heterocycles. The maximum atomic E-state index is 13.6. The zero-order valence-corrected chi connectivity index (χ0v) is 22.1. The number of hydrogen-bond acceptors (Lipinski definition) is 4. The number of amides is 2. The van der Waals surface area contributed by atoms with Gasteiger partial charge in [0, 0.05) is 13.1 Å². The smallest absolute Gasteiger partial charge is 0.244 e. The highest BCUT2D eigenvalue weighted by molar-refractivity contribution is 7.92. The fourth-order valence-corrected chi connectivity index (χ4v) is 4.49. The third kappa shape index (κ3) is 7.32. The first-order chi connectivity index (χ1) is 15.8. The average molecular weight is 488 g/mol. The number of rotatable bonds is 10. The predicted molar refractivity (Wildman–Crippen MR) is 137 cm³/mol. The van der Waals surface area contributed by atoms with Crippen LogP contribution >= 0.6 is 0 Å². The largest absolute Gasteiger partial charge is 0.354 e. The number of aryl methyl sites for hydroxylation is 3. The van der Waals surface area contributed by atoms with Crippen LogP contribution in [0.5, 0.6) is 0 Å². The molecule has 1 N–H and O–H groups in total.